The summed E-state index contributed by atoms with van der Waals surface area (Å²) in [6.07, 6.45) is 5.14. The number of halogens is 1. The van der Waals surface area contributed by atoms with Gasteiger partial charge in [-0.1, -0.05) is 37.1 Å². The van der Waals surface area contributed by atoms with Gasteiger partial charge in [-0.3, -0.25) is 9.59 Å². The van der Waals surface area contributed by atoms with E-state index in [0.717, 1.165) is 36.8 Å². The Kier molecular flexibility index (Phi) is 6.00. The van der Waals surface area contributed by atoms with Crippen molar-refractivity contribution in [3.8, 4) is 0 Å². The molecule has 1 saturated heterocycles. The zero-order valence-electron chi connectivity index (χ0n) is 18.5. The Morgan fingerprint density at radius 3 is 2.58 bits per heavy atom. The number of carbonyl (C=O) groups excluding carboxylic acids is 2. The number of amides is 2. The molecule has 1 saturated carbocycles. The molecule has 0 bridgehead atoms. The maximum Gasteiger partial charge on any atom is 0.295 e. The highest BCUT2D eigenvalue weighted by Gasteiger charge is 2.37. The molecule has 2 fully saturated rings. The van der Waals surface area contributed by atoms with Crippen molar-refractivity contribution in [3.63, 3.8) is 0 Å². The normalized spacial score (nSPS) is 22.4. The van der Waals surface area contributed by atoms with Crippen LogP contribution in [-0.4, -0.2) is 42.1 Å². The molecule has 172 valence electrons. The average Bonchev–Trinajstić information content (AvgIpc) is 3.37. The van der Waals surface area contributed by atoms with Crippen LogP contribution in [0.4, 0.5) is 4.39 Å². The first-order valence-corrected chi connectivity index (χ1v) is 13.7. The second kappa shape index (κ2) is 8.94. The molecule has 0 spiro atoms. The number of azo groups is 1. The minimum atomic E-state index is -2.95. The van der Waals surface area contributed by atoms with E-state index in [1.54, 1.807) is 24.3 Å². The lowest BCUT2D eigenvalue weighted by Crippen LogP contribution is -2.43. The van der Waals surface area contributed by atoms with Crippen LogP contribution in [0.2, 0.25) is 0 Å². The fraction of sp³-hybridized carbons (Fsp3) is 0.440. The van der Waals surface area contributed by atoms with Crippen molar-refractivity contribution in [2.75, 3.05) is 25.4 Å². The molecule has 33 heavy (non-hydrogen) atoms. The molecule has 2 heterocycles. The number of carbonyl (C=O) groups is 2. The van der Waals surface area contributed by atoms with Crippen molar-refractivity contribution in [3.05, 3.63) is 65.0 Å². The van der Waals surface area contributed by atoms with Gasteiger partial charge in [0.05, 0.1) is 0 Å². The summed E-state index contributed by atoms with van der Waals surface area (Å²) < 4.78 is 28.6. The van der Waals surface area contributed by atoms with Crippen molar-refractivity contribution < 1.29 is 18.5 Å². The summed E-state index contributed by atoms with van der Waals surface area (Å²) in [6, 6.07) is 11.6. The van der Waals surface area contributed by atoms with Crippen molar-refractivity contribution in [1.29, 1.82) is 0 Å². The third kappa shape index (κ3) is 4.31. The number of nitrogens with zero attached hydrogens (tertiary/aromatic N) is 3. The lowest BCUT2D eigenvalue weighted by Gasteiger charge is -2.34. The molecule has 0 N–H and O–H groups in total. The van der Waals surface area contributed by atoms with E-state index >= 15 is 0 Å². The first kappa shape index (κ1) is 22.1. The molecule has 5 rings (SSSR count). The van der Waals surface area contributed by atoms with Crippen LogP contribution in [0.25, 0.3) is 0 Å². The molecule has 0 aromatic heterocycles. The van der Waals surface area contributed by atoms with Crippen molar-refractivity contribution >= 4 is 24.3 Å². The van der Waals surface area contributed by atoms with Gasteiger partial charge in [-0.05, 0) is 42.2 Å². The van der Waals surface area contributed by atoms with Gasteiger partial charge < -0.3 is 9.46 Å². The van der Waals surface area contributed by atoms with E-state index in [0.29, 0.717) is 37.4 Å². The van der Waals surface area contributed by atoms with Crippen LogP contribution >= 0.6 is 7.14 Å². The molecular weight excluding hydrogens is 440 g/mol. The molecule has 6 nitrogen and oxygen atoms in total. The summed E-state index contributed by atoms with van der Waals surface area (Å²) in [5, 5.41) is 8.20. The third-order valence-electron chi connectivity index (χ3n) is 7.20. The van der Waals surface area contributed by atoms with Crippen molar-refractivity contribution in [2.24, 2.45) is 16.1 Å². The quantitative estimate of drug-likeness (QED) is 0.610. The highest BCUT2D eigenvalue weighted by Crippen LogP contribution is 2.47. The fourth-order valence-corrected chi connectivity index (χ4v) is 7.97. The summed E-state index contributed by atoms with van der Waals surface area (Å²) >= 11 is 0. The topological polar surface area (TPSA) is 79.2 Å². The van der Waals surface area contributed by atoms with Gasteiger partial charge in [0.1, 0.15) is 19.0 Å². The molecule has 0 radical (unpaired) electrons. The van der Waals surface area contributed by atoms with Crippen LogP contribution < -0.4 is 5.30 Å². The number of hydrogen-bond donors (Lipinski definition) is 0. The van der Waals surface area contributed by atoms with Gasteiger partial charge >= 0.3 is 0 Å². The number of fused-ring (bicyclic) bond motifs is 1. The molecule has 1 aliphatic carbocycles. The van der Waals surface area contributed by atoms with E-state index < -0.39 is 13.0 Å². The van der Waals surface area contributed by atoms with Crippen LogP contribution in [0.5, 0.6) is 0 Å². The first-order valence-electron chi connectivity index (χ1n) is 11.6. The van der Waals surface area contributed by atoms with Gasteiger partial charge in [0.25, 0.3) is 5.91 Å². The molecule has 2 aliphatic heterocycles. The molecule has 2 amide bonds. The molecular formula is C25H27FN3O3P. The maximum atomic E-state index is 14.8. The zero-order chi connectivity index (χ0) is 23.0. The van der Waals surface area contributed by atoms with Gasteiger partial charge in [0.2, 0.25) is 5.91 Å². The molecule has 3 aliphatic rings. The monoisotopic (exact) mass is 467 g/mol. The molecule has 2 aromatic rings. The predicted octanol–water partition coefficient (Wildman–Crippen LogP) is 4.74. The van der Waals surface area contributed by atoms with E-state index in [1.807, 2.05) is 17.0 Å². The Balaban J connectivity index is 1.33. The molecule has 1 atom stereocenters. The van der Waals surface area contributed by atoms with Crippen LogP contribution in [0.15, 0.2) is 52.7 Å². The maximum absolute atomic E-state index is 14.8. The molecule has 2 aromatic carbocycles. The summed E-state index contributed by atoms with van der Waals surface area (Å²) in [7, 11) is -2.95. The van der Waals surface area contributed by atoms with Gasteiger partial charge in [-0.25, -0.2) is 4.39 Å². The van der Waals surface area contributed by atoms with E-state index in [4.69, 9.17) is 0 Å². The van der Waals surface area contributed by atoms with Gasteiger partial charge in [-0.15, -0.1) is 5.11 Å². The summed E-state index contributed by atoms with van der Waals surface area (Å²) in [4.78, 5) is 26.6. The first-order chi connectivity index (χ1) is 15.9. The lowest BCUT2D eigenvalue weighted by molar-refractivity contribution is -0.135. The minimum absolute atomic E-state index is 0.0990. The molecule has 1 unspecified atom stereocenters. The second-order valence-corrected chi connectivity index (χ2v) is 12.4. The van der Waals surface area contributed by atoms with Gasteiger partial charge in [0, 0.05) is 48.6 Å². The van der Waals surface area contributed by atoms with E-state index in [1.165, 1.54) is 6.07 Å². The predicted molar refractivity (Wildman–Crippen MR) is 124 cm³/mol. The largest absolute Gasteiger partial charge is 0.342 e. The van der Waals surface area contributed by atoms with Crippen molar-refractivity contribution in [1.82, 2.24) is 4.90 Å². The van der Waals surface area contributed by atoms with Crippen LogP contribution in [0.3, 0.4) is 0 Å². The van der Waals surface area contributed by atoms with Crippen LogP contribution in [0, 0.1) is 11.7 Å². The number of benzene rings is 2. The molecule has 8 heteroatoms. The summed E-state index contributed by atoms with van der Waals surface area (Å²) in [5.74, 6) is -0.547. The smallest absolute Gasteiger partial charge is 0.295 e. The third-order valence-corrected chi connectivity index (χ3v) is 10.3. The highest BCUT2D eigenvalue weighted by molar-refractivity contribution is 7.71. The Labute approximate surface area is 192 Å². The lowest BCUT2D eigenvalue weighted by atomic mass is 9.94. The summed E-state index contributed by atoms with van der Waals surface area (Å²) in [6.45, 7) is 0.838. The Bertz CT molecular complexity index is 1160. The van der Waals surface area contributed by atoms with E-state index in [9.17, 15) is 18.5 Å². The Morgan fingerprint density at radius 2 is 1.82 bits per heavy atom. The van der Waals surface area contributed by atoms with Crippen LogP contribution in [0.1, 0.15) is 53.2 Å². The number of rotatable bonds is 4. The van der Waals surface area contributed by atoms with Gasteiger partial charge in [0.15, 0.2) is 0 Å². The zero-order valence-corrected chi connectivity index (χ0v) is 19.3. The SMILES string of the molecule is O=C1N=NC(Cc2ccc(F)c(P3(=O)CCN(C(=O)C4CCCC4)CC3)c2)c2ccccc21. The van der Waals surface area contributed by atoms with E-state index in [-0.39, 0.29) is 29.1 Å². The van der Waals surface area contributed by atoms with Crippen LogP contribution in [-0.2, 0) is 15.8 Å². The Hall–Kier alpha value is -2.66. The van der Waals surface area contributed by atoms with E-state index in [2.05, 4.69) is 10.2 Å². The van der Waals surface area contributed by atoms with Gasteiger partial charge in [-0.2, -0.15) is 5.11 Å². The standard InChI is InChI=1S/C25H27FN3O3P/c26-21-10-9-17(15-22-19-7-3-4-8-20(19)24(30)28-27-22)16-23(21)33(32)13-11-29(12-14-33)25(31)18-5-1-2-6-18/h3-4,7-10,16,18,22H,1-2,5-6,11-15H2. The average molecular weight is 467 g/mol. The summed E-state index contributed by atoms with van der Waals surface area (Å²) in [5.41, 5.74) is 2.14. The fourth-order valence-electron chi connectivity index (χ4n) is 5.27. The van der Waals surface area contributed by atoms with Crippen molar-refractivity contribution in [2.45, 2.75) is 38.1 Å². The highest BCUT2D eigenvalue weighted by atomic mass is 31.2. The Morgan fingerprint density at radius 1 is 1.09 bits per heavy atom. The second-order valence-electron chi connectivity index (χ2n) is 9.26. The minimum Gasteiger partial charge on any atom is -0.342 e. The number of hydrogen-bond acceptors (Lipinski definition) is 4.